The van der Waals surface area contributed by atoms with Gasteiger partial charge < -0.3 is 0 Å². The van der Waals surface area contributed by atoms with Crippen molar-refractivity contribution in [3.05, 3.63) is 94.5 Å². The molecule has 0 aliphatic rings. The van der Waals surface area contributed by atoms with Crippen molar-refractivity contribution >= 4 is 65.8 Å². The fourth-order valence-electron chi connectivity index (χ4n) is 2.31. The molecule has 0 aromatic carbocycles. The molecular formula is C23H27BrIN3S. The minimum atomic E-state index is 0.189. The first-order valence-corrected chi connectivity index (χ1v) is 12.8. The second kappa shape index (κ2) is 16.2. The molecule has 29 heavy (non-hydrogen) atoms. The summed E-state index contributed by atoms with van der Waals surface area (Å²) in [5, 5.41) is 18.9. The first-order chi connectivity index (χ1) is 14.1. The van der Waals surface area contributed by atoms with Gasteiger partial charge in [0, 0.05) is 17.3 Å². The number of hydrogen-bond acceptors (Lipinski definition) is 4. The van der Waals surface area contributed by atoms with Crippen molar-refractivity contribution in [2.75, 3.05) is 4.93 Å². The van der Waals surface area contributed by atoms with Gasteiger partial charge in [0.05, 0.1) is 16.3 Å². The van der Waals surface area contributed by atoms with Crippen LogP contribution in [0.4, 0.5) is 0 Å². The molecule has 0 saturated carbocycles. The maximum absolute atomic E-state index is 8.75. The highest BCUT2D eigenvalue weighted by Crippen LogP contribution is 2.30. The fourth-order valence-corrected chi connectivity index (χ4v) is 3.40. The number of thiophene rings is 1. The summed E-state index contributed by atoms with van der Waals surface area (Å²) in [4.78, 5) is 7.20. The lowest BCUT2D eigenvalue weighted by Crippen LogP contribution is -2.10. The number of aromatic nitrogens is 1. The zero-order chi connectivity index (χ0) is 22.2. The van der Waals surface area contributed by atoms with Crippen LogP contribution in [0.3, 0.4) is 0 Å². The van der Waals surface area contributed by atoms with Gasteiger partial charge in [0.25, 0.3) is 0 Å². The van der Waals surface area contributed by atoms with Crippen LogP contribution in [0.15, 0.2) is 83.9 Å². The number of nitrogens with one attached hydrogen (secondary N) is 2. The van der Waals surface area contributed by atoms with Gasteiger partial charge in [-0.15, -0.1) is 11.3 Å². The Balaban J connectivity index is 0.00000184. The average Bonchev–Trinajstić information content (AvgIpc) is 3.31. The minimum Gasteiger partial charge on any atom is -0.299 e. The Kier molecular flexibility index (Phi) is 15.3. The highest BCUT2D eigenvalue weighted by atomic mass is 127. The highest BCUT2D eigenvalue weighted by Gasteiger charge is 2.21. The molecule has 0 saturated heterocycles. The van der Waals surface area contributed by atoms with Gasteiger partial charge in [-0.1, -0.05) is 79.5 Å². The van der Waals surface area contributed by atoms with Crippen molar-refractivity contribution < 1.29 is 0 Å². The fraction of sp³-hybridized carbons (Fsp3) is 0.174. The maximum atomic E-state index is 8.75. The zero-order valence-corrected chi connectivity index (χ0v) is 21.7. The Morgan fingerprint density at radius 1 is 1.17 bits per heavy atom. The van der Waals surface area contributed by atoms with E-state index in [9.17, 15) is 0 Å². The van der Waals surface area contributed by atoms with E-state index in [-0.39, 0.29) is 4.62 Å². The lowest BCUT2D eigenvalue weighted by molar-refractivity contribution is 1.28. The van der Waals surface area contributed by atoms with Crippen molar-refractivity contribution in [1.29, 1.82) is 10.8 Å². The van der Waals surface area contributed by atoms with Gasteiger partial charge >= 0.3 is 0 Å². The molecule has 0 atom stereocenters. The Hall–Kier alpha value is -1.64. The van der Waals surface area contributed by atoms with Crippen LogP contribution in [0, 0.1) is 10.8 Å². The van der Waals surface area contributed by atoms with Crippen LogP contribution in [0.1, 0.15) is 31.3 Å². The van der Waals surface area contributed by atoms with Gasteiger partial charge in [-0.05, 0) is 56.9 Å². The van der Waals surface area contributed by atoms with Crippen LogP contribution in [-0.2, 0) is 0 Å². The van der Waals surface area contributed by atoms with Crippen LogP contribution >= 0.6 is 49.9 Å². The van der Waals surface area contributed by atoms with Crippen molar-refractivity contribution in [2.24, 2.45) is 0 Å². The van der Waals surface area contributed by atoms with Gasteiger partial charge in [0.2, 0.25) is 0 Å². The first-order valence-electron chi connectivity index (χ1n) is 8.96. The molecular weight excluding hydrogens is 557 g/mol. The number of nitrogens with zero attached hydrogens (tertiary/aromatic N) is 1. The SMILES string of the molecule is C=C\C=C/C(=C\C)C(/C(=N)c1cccs1)=C(/C(=N)Br)c1ccccn1.CC.CI. The van der Waals surface area contributed by atoms with Crippen molar-refractivity contribution in [2.45, 2.75) is 20.8 Å². The number of alkyl halides is 1. The lowest BCUT2D eigenvalue weighted by Gasteiger charge is -2.16. The van der Waals surface area contributed by atoms with Crippen molar-refractivity contribution in [1.82, 2.24) is 4.98 Å². The molecule has 0 spiro atoms. The Labute approximate surface area is 200 Å². The van der Waals surface area contributed by atoms with Gasteiger partial charge in [0.15, 0.2) is 0 Å². The molecule has 0 radical (unpaired) electrons. The van der Waals surface area contributed by atoms with Crippen LogP contribution in [0.5, 0.6) is 0 Å². The Morgan fingerprint density at radius 2 is 1.86 bits per heavy atom. The van der Waals surface area contributed by atoms with E-state index in [4.69, 9.17) is 10.8 Å². The van der Waals surface area contributed by atoms with E-state index in [1.807, 2.05) is 79.6 Å². The Morgan fingerprint density at radius 3 is 2.31 bits per heavy atom. The quantitative estimate of drug-likeness (QED) is 0.147. The molecule has 0 fully saturated rings. The van der Waals surface area contributed by atoms with Crippen LogP contribution < -0.4 is 0 Å². The summed E-state index contributed by atoms with van der Waals surface area (Å²) in [7, 11) is 0. The summed E-state index contributed by atoms with van der Waals surface area (Å²) in [6.45, 7) is 9.63. The van der Waals surface area contributed by atoms with Crippen LogP contribution in [-0.4, -0.2) is 20.2 Å². The summed E-state index contributed by atoms with van der Waals surface area (Å²) in [6, 6.07) is 9.38. The third-order valence-corrected chi connectivity index (χ3v) is 4.70. The lowest BCUT2D eigenvalue weighted by atomic mass is 9.92. The van der Waals surface area contributed by atoms with Crippen LogP contribution in [0.2, 0.25) is 0 Å². The molecule has 2 aromatic rings. The summed E-state index contributed by atoms with van der Waals surface area (Å²) >= 11 is 6.95. The molecule has 2 N–H and O–H groups in total. The van der Waals surface area contributed by atoms with Gasteiger partial charge in [-0.2, -0.15) is 0 Å². The predicted molar refractivity (Wildman–Crippen MR) is 143 cm³/mol. The zero-order valence-electron chi connectivity index (χ0n) is 17.2. The summed E-state index contributed by atoms with van der Waals surface area (Å²) < 4.78 is 0.189. The van der Waals surface area contributed by atoms with E-state index < -0.39 is 0 Å². The summed E-state index contributed by atoms with van der Waals surface area (Å²) in [5.74, 6) is 0. The highest BCUT2D eigenvalue weighted by molar-refractivity contribution is 14.1. The van der Waals surface area contributed by atoms with E-state index in [0.717, 1.165) is 10.5 Å². The summed E-state index contributed by atoms with van der Waals surface area (Å²) in [5.41, 5.74) is 3.08. The molecule has 2 rings (SSSR count). The van der Waals surface area contributed by atoms with Crippen LogP contribution in [0.25, 0.3) is 5.57 Å². The number of pyridine rings is 1. The second-order valence-electron chi connectivity index (χ2n) is 4.97. The van der Waals surface area contributed by atoms with Crippen molar-refractivity contribution in [3.8, 4) is 0 Å². The van der Waals surface area contributed by atoms with E-state index in [1.54, 1.807) is 12.3 Å². The first kappa shape index (κ1) is 27.4. The van der Waals surface area contributed by atoms with Gasteiger partial charge in [-0.25, -0.2) is 0 Å². The molecule has 0 unspecified atom stereocenters. The van der Waals surface area contributed by atoms with E-state index in [0.29, 0.717) is 22.6 Å². The summed E-state index contributed by atoms with van der Waals surface area (Å²) in [6.07, 6.45) is 9.02. The monoisotopic (exact) mass is 583 g/mol. The number of allylic oxidation sites excluding steroid dienone is 7. The van der Waals surface area contributed by atoms with E-state index in [2.05, 4.69) is 50.1 Å². The standard InChI is InChI=1S/C20H18BrN3S.C2H6.CH3I/c1-3-5-9-14(4-2)17(19(22)16-11-8-13-25-16)18(20(21)23)15-10-6-7-12-24-15;2*1-2/h3-13,22-23H,1H2,2H3;1-2H3;1H3/b9-5-,14-4+,18-17-,22-19?,23-20?;;. The molecule has 0 aliphatic carbocycles. The predicted octanol–water partition coefficient (Wildman–Crippen LogP) is 8.10. The van der Waals surface area contributed by atoms with Crippen molar-refractivity contribution in [3.63, 3.8) is 0 Å². The molecule has 154 valence electrons. The molecule has 0 amide bonds. The third-order valence-electron chi connectivity index (χ3n) is 3.42. The molecule has 2 aromatic heterocycles. The molecule has 3 nitrogen and oxygen atoms in total. The van der Waals surface area contributed by atoms with E-state index in [1.165, 1.54) is 11.3 Å². The number of halogens is 2. The smallest absolute Gasteiger partial charge is 0.107 e. The number of rotatable bonds is 7. The molecule has 0 aliphatic heterocycles. The van der Waals surface area contributed by atoms with Gasteiger partial charge in [0.1, 0.15) is 4.62 Å². The third kappa shape index (κ3) is 8.32. The molecule has 0 bridgehead atoms. The van der Waals surface area contributed by atoms with Gasteiger partial charge in [-0.3, -0.25) is 15.8 Å². The largest absolute Gasteiger partial charge is 0.299 e. The second-order valence-corrected chi connectivity index (χ2v) is 6.71. The topological polar surface area (TPSA) is 60.6 Å². The maximum Gasteiger partial charge on any atom is 0.107 e. The Bertz CT molecular complexity index is 867. The minimum absolute atomic E-state index is 0.189. The number of hydrogen-bond donors (Lipinski definition) is 2. The average molecular weight is 584 g/mol. The molecule has 2 heterocycles. The molecule has 6 heteroatoms. The normalized spacial score (nSPS) is 11.4. The van der Waals surface area contributed by atoms with E-state index >= 15 is 0 Å².